The van der Waals surface area contributed by atoms with Gasteiger partial charge in [0.1, 0.15) is 0 Å². The molecule has 0 aliphatic heterocycles. The molecule has 136 valence electrons. The lowest BCUT2D eigenvalue weighted by atomic mass is 10.0. The van der Waals surface area contributed by atoms with Gasteiger partial charge in [-0.25, -0.2) is 9.78 Å². The Labute approximate surface area is 160 Å². The van der Waals surface area contributed by atoms with Crippen molar-refractivity contribution in [3.05, 3.63) is 63.5 Å². The summed E-state index contributed by atoms with van der Waals surface area (Å²) in [6.07, 6.45) is 3.69. The molecule has 2 aromatic heterocycles. The zero-order valence-corrected chi connectivity index (χ0v) is 15.6. The van der Waals surface area contributed by atoms with Gasteiger partial charge in [0.05, 0.1) is 16.8 Å². The Bertz CT molecular complexity index is 1050. The number of benzene rings is 1. The van der Waals surface area contributed by atoms with Gasteiger partial charge in [0, 0.05) is 17.3 Å². The number of thiophene rings is 1. The maximum absolute atomic E-state index is 12.8. The number of hydrogen-bond donors (Lipinski definition) is 1. The largest absolute Gasteiger partial charge is 0.452 e. The number of allylic oxidation sites excluding steroid dienone is 1. The van der Waals surface area contributed by atoms with E-state index in [4.69, 9.17) is 9.72 Å². The van der Waals surface area contributed by atoms with Crippen LogP contribution in [0.25, 0.3) is 22.6 Å². The van der Waals surface area contributed by atoms with Gasteiger partial charge in [-0.15, -0.1) is 11.3 Å². The highest BCUT2D eigenvalue weighted by atomic mass is 32.1. The van der Waals surface area contributed by atoms with E-state index in [1.54, 1.807) is 11.3 Å². The average molecular weight is 378 g/mol. The summed E-state index contributed by atoms with van der Waals surface area (Å²) in [4.78, 5) is 30.3. The molecule has 3 aromatic rings. The number of carbonyl (C=O) groups excluding carboxylic acids is 2. The number of rotatable bonds is 4. The fourth-order valence-electron chi connectivity index (χ4n) is 3.33. The lowest BCUT2D eigenvalue weighted by Gasteiger charge is -2.12. The topological polar surface area (TPSA) is 68.3 Å². The summed E-state index contributed by atoms with van der Waals surface area (Å²) >= 11 is 1.67. The first kappa shape index (κ1) is 17.4. The quantitative estimate of drug-likeness (QED) is 0.703. The fourth-order valence-corrected chi connectivity index (χ4v) is 4.01. The minimum Gasteiger partial charge on any atom is -0.452 e. The first-order valence-electron chi connectivity index (χ1n) is 8.71. The predicted octanol–water partition coefficient (Wildman–Crippen LogP) is 3.69. The third kappa shape index (κ3) is 3.36. The van der Waals surface area contributed by atoms with Gasteiger partial charge in [0.15, 0.2) is 6.61 Å². The van der Waals surface area contributed by atoms with Crippen LogP contribution in [-0.4, -0.2) is 30.5 Å². The normalized spacial score (nSPS) is 14.3. The molecule has 4 rings (SSSR count). The van der Waals surface area contributed by atoms with Gasteiger partial charge in [0.25, 0.3) is 5.91 Å². The van der Waals surface area contributed by atoms with Crippen molar-refractivity contribution in [2.75, 3.05) is 13.7 Å². The highest BCUT2D eigenvalue weighted by molar-refractivity contribution is 7.10. The van der Waals surface area contributed by atoms with Crippen molar-refractivity contribution in [3.8, 4) is 0 Å². The van der Waals surface area contributed by atoms with E-state index in [1.165, 1.54) is 7.05 Å². The molecule has 0 radical (unpaired) electrons. The summed E-state index contributed by atoms with van der Waals surface area (Å²) in [6, 6.07) is 11.6. The molecule has 5 nitrogen and oxygen atoms in total. The molecule has 2 heterocycles. The third-order valence-corrected chi connectivity index (χ3v) is 5.44. The maximum atomic E-state index is 12.8. The van der Waals surface area contributed by atoms with Crippen LogP contribution in [0.5, 0.6) is 0 Å². The molecule has 0 bridgehead atoms. The number of amides is 1. The van der Waals surface area contributed by atoms with Gasteiger partial charge >= 0.3 is 5.97 Å². The minimum absolute atomic E-state index is 0.293. The number of aromatic nitrogens is 1. The molecular formula is C21H18N2O3S. The molecule has 0 unspecified atom stereocenters. The average Bonchev–Trinajstić information content (AvgIpc) is 3.34. The molecule has 1 aliphatic carbocycles. The summed E-state index contributed by atoms with van der Waals surface area (Å²) in [5.74, 6) is -0.817. The summed E-state index contributed by atoms with van der Waals surface area (Å²) < 4.78 is 5.26. The van der Waals surface area contributed by atoms with Crippen LogP contribution in [0.2, 0.25) is 0 Å². The van der Waals surface area contributed by atoms with Crippen molar-refractivity contribution in [2.24, 2.45) is 0 Å². The van der Waals surface area contributed by atoms with Crippen molar-refractivity contribution in [2.45, 2.75) is 12.8 Å². The van der Waals surface area contributed by atoms with E-state index in [2.05, 4.69) is 17.5 Å². The molecule has 0 saturated carbocycles. The second kappa shape index (κ2) is 7.32. The zero-order valence-electron chi connectivity index (χ0n) is 14.8. The van der Waals surface area contributed by atoms with Gasteiger partial charge < -0.3 is 10.1 Å². The number of pyridine rings is 1. The van der Waals surface area contributed by atoms with Crippen LogP contribution >= 0.6 is 11.3 Å². The van der Waals surface area contributed by atoms with E-state index >= 15 is 0 Å². The minimum atomic E-state index is -0.481. The molecule has 1 N–H and O–H groups in total. The van der Waals surface area contributed by atoms with Crippen molar-refractivity contribution in [1.29, 1.82) is 0 Å². The number of para-hydroxylation sites is 1. The maximum Gasteiger partial charge on any atom is 0.339 e. The van der Waals surface area contributed by atoms with Crippen LogP contribution < -0.4 is 5.32 Å². The number of esters is 1. The molecule has 0 spiro atoms. The lowest BCUT2D eigenvalue weighted by molar-refractivity contribution is -0.123. The van der Waals surface area contributed by atoms with Crippen LogP contribution in [-0.2, 0) is 16.0 Å². The van der Waals surface area contributed by atoms with Gasteiger partial charge in [0.2, 0.25) is 0 Å². The summed E-state index contributed by atoms with van der Waals surface area (Å²) in [6.45, 7) is -0.293. The first-order chi connectivity index (χ1) is 13.2. The van der Waals surface area contributed by atoms with Crippen LogP contribution in [0.1, 0.15) is 32.9 Å². The monoisotopic (exact) mass is 378 g/mol. The molecule has 0 fully saturated rings. The van der Waals surface area contributed by atoms with Gasteiger partial charge in [-0.3, -0.25) is 4.79 Å². The molecule has 1 amide bonds. The highest BCUT2D eigenvalue weighted by Crippen LogP contribution is 2.38. The smallest absolute Gasteiger partial charge is 0.339 e. The summed E-state index contributed by atoms with van der Waals surface area (Å²) in [7, 11) is 1.51. The summed E-state index contributed by atoms with van der Waals surface area (Å²) in [5, 5.41) is 5.26. The van der Waals surface area contributed by atoms with Crippen molar-refractivity contribution in [1.82, 2.24) is 10.3 Å². The van der Waals surface area contributed by atoms with Crippen LogP contribution in [0, 0.1) is 0 Å². The number of carbonyl (C=O) groups is 2. The number of likely N-dealkylation sites (N-methyl/N-ethyl adjacent to an activating group) is 1. The van der Waals surface area contributed by atoms with E-state index in [0.717, 1.165) is 45.5 Å². The van der Waals surface area contributed by atoms with E-state index in [-0.39, 0.29) is 12.5 Å². The van der Waals surface area contributed by atoms with Crippen LogP contribution in [0.15, 0.2) is 41.8 Å². The second-order valence-corrected chi connectivity index (χ2v) is 7.24. The number of fused-ring (bicyclic) bond motifs is 2. The van der Waals surface area contributed by atoms with E-state index in [1.807, 2.05) is 35.7 Å². The first-order valence-corrected chi connectivity index (χ1v) is 9.59. The Balaban J connectivity index is 1.81. The van der Waals surface area contributed by atoms with Crippen molar-refractivity contribution < 1.29 is 14.3 Å². The fraction of sp³-hybridized carbons (Fsp3) is 0.190. The second-order valence-electron chi connectivity index (χ2n) is 6.27. The Kier molecular flexibility index (Phi) is 4.73. The van der Waals surface area contributed by atoms with Crippen LogP contribution in [0.3, 0.4) is 0 Å². The number of nitrogens with zero attached hydrogens (tertiary/aromatic N) is 1. The number of nitrogens with one attached hydrogen (secondary N) is 1. The molecule has 0 saturated heterocycles. The Morgan fingerprint density at radius 2 is 2.07 bits per heavy atom. The Hall–Kier alpha value is -2.99. The van der Waals surface area contributed by atoms with E-state index in [9.17, 15) is 9.59 Å². The molecule has 0 atom stereocenters. The number of hydrogen-bond acceptors (Lipinski definition) is 5. The van der Waals surface area contributed by atoms with Crippen LogP contribution in [0.4, 0.5) is 0 Å². The van der Waals surface area contributed by atoms with Gasteiger partial charge in [-0.2, -0.15) is 0 Å². The van der Waals surface area contributed by atoms with E-state index < -0.39 is 5.97 Å². The third-order valence-electron chi connectivity index (χ3n) is 4.62. The highest BCUT2D eigenvalue weighted by Gasteiger charge is 2.27. The van der Waals surface area contributed by atoms with Crippen molar-refractivity contribution >= 4 is 45.8 Å². The standard InChI is InChI=1S/C21H18N2O3S/c1-22-18(24)12-26-21(25)19-15-6-2-3-7-17(15)23-20-13(8-9-16(19)20)11-14-5-4-10-27-14/h2-7,10-11H,8-9,12H2,1H3,(H,22,24)/b13-11-. The molecular weight excluding hydrogens is 360 g/mol. The lowest BCUT2D eigenvalue weighted by Crippen LogP contribution is -2.25. The molecule has 1 aliphatic rings. The Morgan fingerprint density at radius 3 is 2.85 bits per heavy atom. The molecule has 27 heavy (non-hydrogen) atoms. The SMILES string of the molecule is CNC(=O)COC(=O)c1c2c(nc3ccccc13)/C(=C\c1cccs1)CC2. The molecule has 1 aromatic carbocycles. The molecule has 6 heteroatoms. The zero-order chi connectivity index (χ0) is 18.8. The Morgan fingerprint density at radius 1 is 1.22 bits per heavy atom. The van der Waals surface area contributed by atoms with Gasteiger partial charge in [-0.05, 0) is 47.6 Å². The predicted molar refractivity (Wildman–Crippen MR) is 107 cm³/mol. The van der Waals surface area contributed by atoms with Gasteiger partial charge in [-0.1, -0.05) is 24.3 Å². The van der Waals surface area contributed by atoms with Crippen molar-refractivity contribution in [3.63, 3.8) is 0 Å². The number of ether oxygens (including phenoxy) is 1. The van der Waals surface area contributed by atoms with E-state index in [0.29, 0.717) is 5.56 Å². The summed E-state index contributed by atoms with van der Waals surface area (Å²) in [5.41, 5.74) is 4.15.